The van der Waals surface area contributed by atoms with Crippen LogP contribution in [0.5, 0.6) is 0 Å². The van der Waals surface area contributed by atoms with E-state index in [2.05, 4.69) is 6.92 Å². The number of aliphatic hydroxyl groups is 1. The summed E-state index contributed by atoms with van der Waals surface area (Å²) in [5.74, 6) is -0.615. The first-order valence-corrected chi connectivity index (χ1v) is 3.66. The zero-order valence-electron chi connectivity index (χ0n) is 6.75. The number of amides is 1. The van der Waals surface area contributed by atoms with Crippen LogP contribution in [0.25, 0.3) is 0 Å². The van der Waals surface area contributed by atoms with Crippen molar-refractivity contribution in [2.24, 2.45) is 5.73 Å². The Morgan fingerprint density at radius 2 is 2.09 bits per heavy atom. The highest BCUT2D eigenvalue weighted by Crippen LogP contribution is 2.01. The van der Waals surface area contributed by atoms with Gasteiger partial charge < -0.3 is 10.8 Å². The van der Waals surface area contributed by atoms with Crippen molar-refractivity contribution < 1.29 is 9.90 Å². The Morgan fingerprint density at radius 1 is 1.55 bits per heavy atom. The van der Waals surface area contributed by atoms with Crippen molar-refractivity contribution in [3.63, 3.8) is 0 Å². The molecule has 3 N–H and O–H groups in total. The minimum Gasteiger partial charge on any atom is -0.383 e. The number of unbranched alkanes of at least 4 members (excludes halogenated alkanes) is 2. The molecule has 0 saturated carbocycles. The maximum absolute atomic E-state index is 10.3. The lowest BCUT2D eigenvalue weighted by atomic mass is 10.1. The molecule has 0 aliphatic rings. The van der Waals surface area contributed by atoms with Crippen molar-refractivity contribution in [2.45, 2.75) is 38.7 Å². The van der Waals surface area contributed by atoms with Crippen molar-refractivity contribution in [2.75, 3.05) is 0 Å². The van der Waals surface area contributed by atoms with E-state index in [4.69, 9.17) is 10.8 Å². The highest BCUT2D eigenvalue weighted by atomic mass is 35.5. The van der Waals surface area contributed by atoms with Crippen molar-refractivity contribution in [3.05, 3.63) is 0 Å². The molecule has 68 valence electrons. The molecule has 1 unspecified atom stereocenters. The number of carbonyl (C=O) groups is 1. The number of hydrogen-bond acceptors (Lipinski definition) is 2. The van der Waals surface area contributed by atoms with Gasteiger partial charge in [0.2, 0.25) is 5.91 Å². The summed E-state index contributed by atoms with van der Waals surface area (Å²) in [7, 11) is 0. The predicted molar refractivity (Wildman–Crippen MR) is 46.6 cm³/mol. The summed E-state index contributed by atoms with van der Waals surface area (Å²) in [6.07, 6.45) is 2.58. The predicted octanol–water partition coefficient (Wildman–Crippen LogP) is 0.835. The Labute approximate surface area is 73.4 Å². The third kappa shape index (κ3) is 7.62. The van der Waals surface area contributed by atoms with E-state index in [-0.39, 0.29) is 12.4 Å². The number of nitrogens with two attached hydrogens (primary N) is 1. The molecule has 0 saturated heterocycles. The van der Waals surface area contributed by atoms with E-state index in [0.717, 1.165) is 19.3 Å². The minimum absolute atomic E-state index is 0. The van der Waals surface area contributed by atoms with Gasteiger partial charge in [-0.25, -0.2) is 0 Å². The summed E-state index contributed by atoms with van der Waals surface area (Å²) in [6, 6.07) is 0. The van der Waals surface area contributed by atoms with Gasteiger partial charge in [-0.2, -0.15) is 0 Å². The molecule has 0 aromatic heterocycles. The van der Waals surface area contributed by atoms with Gasteiger partial charge in [-0.15, -0.1) is 12.4 Å². The van der Waals surface area contributed by atoms with Crippen LogP contribution in [-0.2, 0) is 4.79 Å². The van der Waals surface area contributed by atoms with E-state index in [1.807, 2.05) is 0 Å². The zero-order valence-corrected chi connectivity index (χ0v) is 7.56. The fourth-order valence-corrected chi connectivity index (χ4v) is 0.730. The topological polar surface area (TPSA) is 63.3 Å². The summed E-state index contributed by atoms with van der Waals surface area (Å²) in [6.45, 7) is 2.07. The standard InChI is InChI=1S/C7H15NO2.ClH/c1-2-3-4-5-6(9)7(8)10;/h6,9H,2-5H2,1H3,(H2,8,10);1H. The lowest BCUT2D eigenvalue weighted by Crippen LogP contribution is -2.27. The highest BCUT2D eigenvalue weighted by molar-refractivity contribution is 5.85. The fourth-order valence-electron chi connectivity index (χ4n) is 0.730. The number of rotatable bonds is 5. The smallest absolute Gasteiger partial charge is 0.246 e. The quantitative estimate of drug-likeness (QED) is 0.618. The van der Waals surface area contributed by atoms with Crippen LogP contribution in [0, 0.1) is 0 Å². The zero-order chi connectivity index (χ0) is 7.98. The lowest BCUT2D eigenvalue weighted by Gasteiger charge is -2.03. The molecular formula is C7H16ClNO2. The monoisotopic (exact) mass is 181 g/mol. The molecule has 0 fully saturated rings. The number of hydrogen-bond donors (Lipinski definition) is 2. The van der Waals surface area contributed by atoms with Crippen LogP contribution in [0.2, 0.25) is 0 Å². The van der Waals surface area contributed by atoms with Gasteiger partial charge in [0.05, 0.1) is 0 Å². The Morgan fingerprint density at radius 3 is 2.45 bits per heavy atom. The van der Waals surface area contributed by atoms with Gasteiger partial charge in [0.25, 0.3) is 0 Å². The van der Waals surface area contributed by atoms with E-state index in [0.29, 0.717) is 6.42 Å². The average molecular weight is 182 g/mol. The average Bonchev–Trinajstić information content (AvgIpc) is 1.88. The van der Waals surface area contributed by atoms with Gasteiger partial charge in [-0.05, 0) is 6.42 Å². The Bertz CT molecular complexity index is 109. The first kappa shape index (κ1) is 13.3. The summed E-state index contributed by atoms with van der Waals surface area (Å²) < 4.78 is 0. The second kappa shape index (κ2) is 7.82. The van der Waals surface area contributed by atoms with Crippen LogP contribution in [0.4, 0.5) is 0 Å². The molecule has 1 atom stereocenters. The maximum atomic E-state index is 10.3. The Hall–Kier alpha value is -0.280. The van der Waals surface area contributed by atoms with E-state index in [1.165, 1.54) is 0 Å². The third-order valence-corrected chi connectivity index (χ3v) is 1.41. The van der Waals surface area contributed by atoms with Gasteiger partial charge in [0.15, 0.2) is 0 Å². The van der Waals surface area contributed by atoms with Gasteiger partial charge in [-0.1, -0.05) is 26.2 Å². The lowest BCUT2D eigenvalue weighted by molar-refractivity contribution is -0.126. The number of aliphatic hydroxyl groups excluding tert-OH is 1. The van der Waals surface area contributed by atoms with E-state index in [1.54, 1.807) is 0 Å². The van der Waals surface area contributed by atoms with Crippen LogP contribution in [0.3, 0.4) is 0 Å². The van der Waals surface area contributed by atoms with Crippen molar-refractivity contribution in [1.82, 2.24) is 0 Å². The summed E-state index contributed by atoms with van der Waals surface area (Å²) in [5.41, 5.74) is 4.83. The SMILES string of the molecule is CCCCCC(O)C(N)=O.Cl. The van der Waals surface area contributed by atoms with E-state index >= 15 is 0 Å². The van der Waals surface area contributed by atoms with E-state index < -0.39 is 12.0 Å². The van der Waals surface area contributed by atoms with Crippen LogP contribution < -0.4 is 5.73 Å². The second-order valence-corrected chi connectivity index (χ2v) is 2.41. The summed E-state index contributed by atoms with van der Waals surface area (Å²) in [5, 5.41) is 8.88. The fraction of sp³-hybridized carbons (Fsp3) is 0.857. The number of halogens is 1. The van der Waals surface area contributed by atoms with Crippen LogP contribution >= 0.6 is 12.4 Å². The minimum atomic E-state index is -0.938. The first-order valence-electron chi connectivity index (χ1n) is 3.66. The molecule has 0 aliphatic carbocycles. The van der Waals surface area contributed by atoms with Crippen LogP contribution in [-0.4, -0.2) is 17.1 Å². The summed E-state index contributed by atoms with van der Waals surface area (Å²) in [4.78, 5) is 10.3. The molecule has 0 spiro atoms. The van der Waals surface area contributed by atoms with E-state index in [9.17, 15) is 4.79 Å². The molecule has 0 aromatic rings. The highest BCUT2D eigenvalue weighted by Gasteiger charge is 2.08. The Balaban J connectivity index is 0. The van der Waals surface area contributed by atoms with Gasteiger partial charge in [0.1, 0.15) is 6.10 Å². The number of primary amides is 1. The van der Waals surface area contributed by atoms with Crippen LogP contribution in [0.15, 0.2) is 0 Å². The Kier molecular flexibility index (Phi) is 9.47. The molecule has 3 nitrogen and oxygen atoms in total. The first-order chi connectivity index (χ1) is 4.68. The molecule has 0 aliphatic heterocycles. The maximum Gasteiger partial charge on any atom is 0.246 e. The molecule has 0 aromatic carbocycles. The molecule has 11 heavy (non-hydrogen) atoms. The molecule has 0 radical (unpaired) electrons. The number of carbonyl (C=O) groups excluding carboxylic acids is 1. The molecule has 0 bridgehead atoms. The normalized spacial score (nSPS) is 11.8. The third-order valence-electron chi connectivity index (χ3n) is 1.41. The molecular weight excluding hydrogens is 166 g/mol. The summed E-state index contributed by atoms with van der Waals surface area (Å²) >= 11 is 0. The van der Waals surface area contributed by atoms with Crippen molar-refractivity contribution in [1.29, 1.82) is 0 Å². The van der Waals surface area contributed by atoms with Gasteiger partial charge in [0, 0.05) is 0 Å². The molecule has 1 amide bonds. The molecule has 4 heteroatoms. The van der Waals surface area contributed by atoms with Crippen molar-refractivity contribution >= 4 is 18.3 Å². The largest absolute Gasteiger partial charge is 0.383 e. The second-order valence-electron chi connectivity index (χ2n) is 2.41. The van der Waals surface area contributed by atoms with Gasteiger partial charge >= 0.3 is 0 Å². The molecule has 0 heterocycles. The van der Waals surface area contributed by atoms with Gasteiger partial charge in [-0.3, -0.25) is 4.79 Å². The van der Waals surface area contributed by atoms with Crippen molar-refractivity contribution in [3.8, 4) is 0 Å². The molecule has 0 rings (SSSR count). The van der Waals surface area contributed by atoms with Crippen LogP contribution in [0.1, 0.15) is 32.6 Å².